The molecule has 10 rings (SSSR count). The van der Waals surface area contributed by atoms with Gasteiger partial charge in [0.2, 0.25) is 0 Å². The highest BCUT2D eigenvalue weighted by molar-refractivity contribution is 6.45. The van der Waals surface area contributed by atoms with E-state index in [0.717, 1.165) is 114 Å². The van der Waals surface area contributed by atoms with E-state index in [-0.39, 0.29) is 35.7 Å². The van der Waals surface area contributed by atoms with E-state index < -0.39 is 0 Å². The summed E-state index contributed by atoms with van der Waals surface area (Å²) in [5.74, 6) is -0.808. The highest BCUT2D eigenvalue weighted by Gasteiger charge is 2.39. The summed E-state index contributed by atoms with van der Waals surface area (Å²) < 4.78 is 0. The van der Waals surface area contributed by atoms with Crippen LogP contribution in [0.2, 0.25) is 0 Å². The third-order valence-corrected chi connectivity index (χ3v) is 13.6. The number of fused-ring (bicyclic) bond motifs is 4. The van der Waals surface area contributed by atoms with Gasteiger partial charge >= 0.3 is 0 Å². The first-order chi connectivity index (χ1) is 28.3. The normalized spacial score (nSPS) is 14.7. The molecule has 58 heavy (non-hydrogen) atoms. The van der Waals surface area contributed by atoms with Gasteiger partial charge in [0.1, 0.15) is 0 Å². The van der Waals surface area contributed by atoms with Gasteiger partial charge in [-0.1, -0.05) is 127 Å². The minimum atomic E-state index is -0.247. The number of nitrogens with zero attached hydrogens (tertiary/aromatic N) is 2. The lowest BCUT2D eigenvalue weighted by atomic mass is 9.80. The Morgan fingerprint density at radius 3 is 0.948 bits per heavy atom. The van der Waals surface area contributed by atoms with Crippen molar-refractivity contribution < 1.29 is 19.2 Å². The summed E-state index contributed by atoms with van der Waals surface area (Å²) in [7, 11) is 0. The Hall–Kier alpha value is -5.62. The third-order valence-electron chi connectivity index (χ3n) is 13.6. The minimum Gasteiger partial charge on any atom is -0.272 e. The van der Waals surface area contributed by atoms with Crippen molar-refractivity contribution >= 4 is 99.0 Å². The molecule has 6 heteroatoms. The Bertz CT molecular complexity index is 2830. The van der Waals surface area contributed by atoms with Crippen molar-refractivity contribution in [2.75, 3.05) is 0 Å². The first-order valence-electron chi connectivity index (χ1n) is 21.8. The van der Waals surface area contributed by atoms with Gasteiger partial charge < -0.3 is 0 Å². The first kappa shape index (κ1) is 36.7. The first-order valence-corrected chi connectivity index (χ1v) is 21.8. The predicted molar refractivity (Wildman–Crippen MR) is 238 cm³/mol. The van der Waals surface area contributed by atoms with E-state index in [1.807, 2.05) is 38.1 Å². The monoisotopic (exact) mass is 766 g/mol. The topological polar surface area (TPSA) is 74.8 Å². The van der Waals surface area contributed by atoms with Gasteiger partial charge in [-0.05, 0) is 116 Å². The van der Waals surface area contributed by atoms with Gasteiger partial charge in [0.05, 0.1) is 0 Å². The van der Waals surface area contributed by atoms with Crippen LogP contribution < -0.4 is 0 Å². The Balaban J connectivity index is 1.13. The number of carbonyl (C=O) groups is 4. The van der Waals surface area contributed by atoms with Crippen molar-refractivity contribution in [2.24, 2.45) is 0 Å². The second-order valence-electron chi connectivity index (χ2n) is 17.3. The van der Waals surface area contributed by atoms with Crippen molar-refractivity contribution in [3.8, 4) is 0 Å². The SMILES string of the molecule is CCCCCCCC(CCCCCCC)N1C(=O)c2ccc3c4ccc5c6ccc7c8c(ccc(c9ccc(c%10ccc(c2c3%10)C1=O)c4c59)c86)C(=O)N(C(C)C)C7=O. The molecule has 2 aliphatic rings. The maximum absolute atomic E-state index is 14.7. The summed E-state index contributed by atoms with van der Waals surface area (Å²) in [6, 6.07) is 24.4. The minimum absolute atomic E-state index is 0.102. The van der Waals surface area contributed by atoms with E-state index in [9.17, 15) is 19.2 Å². The van der Waals surface area contributed by atoms with E-state index >= 15 is 0 Å². The van der Waals surface area contributed by atoms with E-state index in [2.05, 4.69) is 62.4 Å². The molecule has 0 radical (unpaired) electrons. The quantitative estimate of drug-likeness (QED) is 0.0478. The van der Waals surface area contributed by atoms with Crippen LogP contribution in [0.25, 0.3) is 75.4 Å². The Morgan fingerprint density at radius 2 is 0.638 bits per heavy atom. The van der Waals surface area contributed by atoms with E-state index in [1.165, 1.54) is 43.4 Å². The average Bonchev–Trinajstić information content (AvgIpc) is 3.23. The number of rotatable bonds is 14. The molecule has 0 spiro atoms. The molecule has 2 aliphatic heterocycles. The molecule has 0 aromatic heterocycles. The smallest absolute Gasteiger partial charge is 0.261 e. The van der Waals surface area contributed by atoms with E-state index in [1.54, 1.807) is 4.90 Å². The van der Waals surface area contributed by atoms with Crippen LogP contribution >= 0.6 is 0 Å². The number of unbranched alkanes of at least 4 members (excludes halogenated alkanes) is 8. The summed E-state index contributed by atoms with van der Waals surface area (Å²) in [4.78, 5) is 59.8. The largest absolute Gasteiger partial charge is 0.272 e. The van der Waals surface area contributed by atoms with Gasteiger partial charge in [-0.15, -0.1) is 0 Å². The summed E-state index contributed by atoms with van der Waals surface area (Å²) >= 11 is 0. The second kappa shape index (κ2) is 14.0. The van der Waals surface area contributed by atoms with Crippen LogP contribution in [0.15, 0.2) is 72.8 Å². The maximum Gasteiger partial charge on any atom is 0.261 e. The predicted octanol–water partition coefficient (Wildman–Crippen LogP) is 13.3. The standard InChI is InChI=1S/C52H50N2O4/c1-5-7-9-11-13-15-30(16-14-12-10-8-6-2)54-51(57)41-27-23-37-33-19-17-31-35-21-25-39-47-40(50(56)53(29(3)4)49(39)55)26-22-36(45(35)47)32-18-20-34(44(33)43(31)32)38-24-28-42(52(54)58)48(41)46(37)38/h17-30H,5-16H2,1-4H3. The molecule has 8 aromatic carbocycles. The molecular formula is C52H50N2O4. The summed E-state index contributed by atoms with van der Waals surface area (Å²) in [6.45, 7) is 8.20. The summed E-state index contributed by atoms with van der Waals surface area (Å²) in [6.07, 6.45) is 13.2. The molecule has 292 valence electrons. The van der Waals surface area contributed by atoms with Crippen molar-refractivity contribution in [3.63, 3.8) is 0 Å². The zero-order chi connectivity index (χ0) is 40.0. The van der Waals surface area contributed by atoms with Gasteiger partial charge in [0, 0.05) is 45.1 Å². The Kier molecular flexibility index (Phi) is 8.88. The fourth-order valence-corrected chi connectivity index (χ4v) is 10.9. The lowest BCUT2D eigenvalue weighted by Crippen LogP contribution is -2.47. The molecular weight excluding hydrogens is 717 g/mol. The average molecular weight is 767 g/mol. The van der Waals surface area contributed by atoms with E-state index in [4.69, 9.17) is 0 Å². The molecule has 0 atom stereocenters. The fraction of sp³-hybridized carbons (Fsp3) is 0.346. The molecule has 2 heterocycles. The van der Waals surface area contributed by atoms with Crippen molar-refractivity contribution in [3.05, 3.63) is 95.1 Å². The van der Waals surface area contributed by atoms with Gasteiger partial charge in [-0.2, -0.15) is 0 Å². The molecule has 0 aliphatic carbocycles. The molecule has 0 saturated carbocycles. The van der Waals surface area contributed by atoms with Crippen LogP contribution in [0.1, 0.15) is 146 Å². The van der Waals surface area contributed by atoms with Crippen LogP contribution in [0, 0.1) is 0 Å². The van der Waals surface area contributed by atoms with Crippen LogP contribution in [0.3, 0.4) is 0 Å². The zero-order valence-corrected chi connectivity index (χ0v) is 34.1. The third kappa shape index (κ3) is 5.15. The van der Waals surface area contributed by atoms with Crippen molar-refractivity contribution in [1.29, 1.82) is 0 Å². The van der Waals surface area contributed by atoms with Crippen molar-refractivity contribution in [1.82, 2.24) is 9.80 Å². The van der Waals surface area contributed by atoms with E-state index in [0.29, 0.717) is 22.3 Å². The van der Waals surface area contributed by atoms with Gasteiger partial charge in [0.15, 0.2) is 0 Å². The molecule has 8 aromatic rings. The van der Waals surface area contributed by atoms with Crippen LogP contribution in [0.4, 0.5) is 0 Å². The molecule has 0 fully saturated rings. The lowest BCUT2D eigenvalue weighted by Gasteiger charge is -2.35. The van der Waals surface area contributed by atoms with Gasteiger partial charge in [-0.3, -0.25) is 29.0 Å². The number of carbonyl (C=O) groups excluding carboxylic acids is 4. The second-order valence-corrected chi connectivity index (χ2v) is 17.3. The summed E-state index contributed by atoms with van der Waals surface area (Å²) in [5.41, 5.74) is 2.39. The van der Waals surface area contributed by atoms with Crippen LogP contribution in [-0.4, -0.2) is 45.5 Å². The molecule has 0 unspecified atom stereocenters. The number of amides is 4. The van der Waals surface area contributed by atoms with Crippen molar-refractivity contribution in [2.45, 2.75) is 117 Å². The molecule has 0 N–H and O–H groups in total. The molecule has 0 saturated heterocycles. The highest BCUT2D eigenvalue weighted by atomic mass is 16.2. The number of hydrogen-bond donors (Lipinski definition) is 0. The molecule has 4 amide bonds. The fourth-order valence-electron chi connectivity index (χ4n) is 10.9. The number of benzene rings is 8. The molecule has 6 nitrogen and oxygen atoms in total. The van der Waals surface area contributed by atoms with Gasteiger partial charge in [-0.25, -0.2) is 0 Å². The highest BCUT2D eigenvalue weighted by Crippen LogP contribution is 2.50. The molecule has 0 bridgehead atoms. The zero-order valence-electron chi connectivity index (χ0n) is 34.1. The number of hydrogen-bond acceptors (Lipinski definition) is 4. The summed E-state index contributed by atoms with van der Waals surface area (Å²) in [5, 5.41) is 14.1. The van der Waals surface area contributed by atoms with Crippen LogP contribution in [0.5, 0.6) is 0 Å². The van der Waals surface area contributed by atoms with Crippen LogP contribution in [-0.2, 0) is 0 Å². The number of imide groups is 2. The lowest BCUT2D eigenvalue weighted by molar-refractivity contribution is 0.0512. The Morgan fingerprint density at radius 1 is 0.362 bits per heavy atom. The van der Waals surface area contributed by atoms with Gasteiger partial charge in [0.25, 0.3) is 23.6 Å². The Labute approximate surface area is 338 Å². The maximum atomic E-state index is 14.7.